The average molecular weight is 254 g/mol. The Morgan fingerprint density at radius 3 is 2.61 bits per heavy atom. The highest BCUT2D eigenvalue weighted by Gasteiger charge is 2.23. The lowest BCUT2D eigenvalue weighted by atomic mass is 9.92. The standard InChI is InChI=1S/C16H34N2/c1-4-11-17-12-7-5-6-8-13-18-14-9-10-15(2)16(18)3/h15-17H,4-14H2,1-3H3. The van der Waals surface area contributed by atoms with Crippen molar-refractivity contribution in [1.29, 1.82) is 0 Å². The maximum absolute atomic E-state index is 3.48. The van der Waals surface area contributed by atoms with Crippen LogP contribution >= 0.6 is 0 Å². The van der Waals surface area contributed by atoms with Crippen molar-refractivity contribution in [3.63, 3.8) is 0 Å². The van der Waals surface area contributed by atoms with E-state index in [1.807, 2.05) is 0 Å². The maximum atomic E-state index is 3.48. The number of unbranched alkanes of at least 4 members (excludes halogenated alkanes) is 3. The van der Waals surface area contributed by atoms with Crippen LogP contribution < -0.4 is 5.32 Å². The van der Waals surface area contributed by atoms with E-state index in [0.717, 1.165) is 12.0 Å². The van der Waals surface area contributed by atoms with Gasteiger partial charge in [-0.25, -0.2) is 0 Å². The first kappa shape index (κ1) is 16.0. The lowest BCUT2D eigenvalue weighted by molar-refractivity contribution is 0.112. The van der Waals surface area contributed by atoms with Gasteiger partial charge < -0.3 is 10.2 Å². The van der Waals surface area contributed by atoms with Crippen LogP contribution in [0.25, 0.3) is 0 Å². The Morgan fingerprint density at radius 2 is 1.83 bits per heavy atom. The molecule has 18 heavy (non-hydrogen) atoms. The zero-order valence-corrected chi connectivity index (χ0v) is 12.9. The van der Waals surface area contributed by atoms with E-state index >= 15 is 0 Å². The molecule has 1 saturated heterocycles. The van der Waals surface area contributed by atoms with E-state index in [1.54, 1.807) is 0 Å². The molecule has 0 bridgehead atoms. The van der Waals surface area contributed by atoms with Crippen molar-refractivity contribution in [3.8, 4) is 0 Å². The van der Waals surface area contributed by atoms with E-state index in [4.69, 9.17) is 0 Å². The van der Waals surface area contributed by atoms with Gasteiger partial charge in [0, 0.05) is 6.04 Å². The van der Waals surface area contributed by atoms with Crippen LogP contribution in [-0.4, -0.2) is 37.1 Å². The van der Waals surface area contributed by atoms with Gasteiger partial charge in [-0.2, -0.15) is 0 Å². The van der Waals surface area contributed by atoms with E-state index in [2.05, 4.69) is 31.0 Å². The molecule has 0 radical (unpaired) electrons. The fourth-order valence-electron chi connectivity index (χ4n) is 2.96. The third-order valence-corrected chi connectivity index (χ3v) is 4.48. The Balaban J connectivity index is 1.94. The molecule has 0 aromatic rings. The predicted molar refractivity (Wildman–Crippen MR) is 81.1 cm³/mol. The Kier molecular flexibility index (Phi) is 8.70. The summed E-state index contributed by atoms with van der Waals surface area (Å²) in [5.74, 6) is 0.900. The second kappa shape index (κ2) is 9.80. The average Bonchev–Trinajstić information content (AvgIpc) is 2.37. The molecule has 0 aromatic carbocycles. The fourth-order valence-corrected chi connectivity index (χ4v) is 2.96. The molecule has 0 saturated carbocycles. The third-order valence-electron chi connectivity index (χ3n) is 4.48. The van der Waals surface area contributed by atoms with Crippen LogP contribution in [0.3, 0.4) is 0 Å². The van der Waals surface area contributed by atoms with Crippen molar-refractivity contribution in [2.45, 2.75) is 71.8 Å². The van der Waals surface area contributed by atoms with Gasteiger partial charge in [0.25, 0.3) is 0 Å². The highest BCUT2D eigenvalue weighted by molar-refractivity contribution is 4.78. The number of hydrogen-bond acceptors (Lipinski definition) is 2. The van der Waals surface area contributed by atoms with Crippen molar-refractivity contribution >= 4 is 0 Å². The number of nitrogens with zero attached hydrogens (tertiary/aromatic N) is 1. The molecule has 2 heteroatoms. The van der Waals surface area contributed by atoms with Crippen LogP contribution in [0, 0.1) is 5.92 Å². The second-order valence-corrected chi connectivity index (χ2v) is 6.06. The van der Waals surface area contributed by atoms with Gasteiger partial charge in [0.15, 0.2) is 0 Å². The molecule has 1 heterocycles. The molecule has 2 atom stereocenters. The van der Waals surface area contributed by atoms with Crippen LogP contribution in [0.2, 0.25) is 0 Å². The highest BCUT2D eigenvalue weighted by atomic mass is 15.2. The molecule has 108 valence electrons. The van der Waals surface area contributed by atoms with Gasteiger partial charge >= 0.3 is 0 Å². The first-order chi connectivity index (χ1) is 8.75. The minimum absolute atomic E-state index is 0.810. The van der Waals surface area contributed by atoms with Crippen molar-refractivity contribution < 1.29 is 0 Å². The van der Waals surface area contributed by atoms with Gasteiger partial charge in [-0.3, -0.25) is 0 Å². The molecule has 0 aromatic heterocycles. The first-order valence-electron chi connectivity index (χ1n) is 8.20. The van der Waals surface area contributed by atoms with E-state index in [0.29, 0.717) is 0 Å². The number of piperidine rings is 1. The van der Waals surface area contributed by atoms with Gasteiger partial charge in [-0.05, 0) is 71.1 Å². The molecule has 1 rings (SSSR count). The summed E-state index contributed by atoms with van der Waals surface area (Å²) in [5, 5.41) is 3.48. The minimum atomic E-state index is 0.810. The molecule has 1 aliphatic rings. The lowest BCUT2D eigenvalue weighted by Crippen LogP contribution is -2.42. The number of nitrogens with one attached hydrogen (secondary N) is 1. The maximum Gasteiger partial charge on any atom is 0.00925 e. The van der Waals surface area contributed by atoms with Crippen LogP contribution in [0.4, 0.5) is 0 Å². The molecule has 2 unspecified atom stereocenters. The summed E-state index contributed by atoms with van der Waals surface area (Å²) >= 11 is 0. The van der Waals surface area contributed by atoms with E-state index in [1.165, 1.54) is 71.1 Å². The first-order valence-corrected chi connectivity index (χ1v) is 8.20. The van der Waals surface area contributed by atoms with Crippen molar-refractivity contribution in [1.82, 2.24) is 10.2 Å². The number of rotatable bonds is 9. The molecule has 1 aliphatic heterocycles. The summed E-state index contributed by atoms with van der Waals surface area (Å²) in [6.45, 7) is 12.1. The molecule has 2 nitrogen and oxygen atoms in total. The van der Waals surface area contributed by atoms with Crippen molar-refractivity contribution in [3.05, 3.63) is 0 Å². The van der Waals surface area contributed by atoms with Crippen molar-refractivity contribution in [2.75, 3.05) is 26.2 Å². The Morgan fingerprint density at radius 1 is 1.06 bits per heavy atom. The van der Waals surface area contributed by atoms with Crippen LogP contribution in [0.5, 0.6) is 0 Å². The molecular weight excluding hydrogens is 220 g/mol. The summed E-state index contributed by atoms with van der Waals surface area (Å²) in [4.78, 5) is 2.71. The quantitative estimate of drug-likeness (QED) is 0.632. The van der Waals surface area contributed by atoms with Crippen LogP contribution in [0.15, 0.2) is 0 Å². The van der Waals surface area contributed by atoms with E-state index in [9.17, 15) is 0 Å². The number of hydrogen-bond donors (Lipinski definition) is 1. The van der Waals surface area contributed by atoms with Gasteiger partial charge in [-0.15, -0.1) is 0 Å². The highest BCUT2D eigenvalue weighted by Crippen LogP contribution is 2.23. The molecule has 0 spiro atoms. The predicted octanol–water partition coefficient (Wildman–Crippen LogP) is 3.67. The van der Waals surface area contributed by atoms with E-state index in [-0.39, 0.29) is 0 Å². The summed E-state index contributed by atoms with van der Waals surface area (Å²) in [6, 6.07) is 0.810. The summed E-state index contributed by atoms with van der Waals surface area (Å²) < 4.78 is 0. The monoisotopic (exact) mass is 254 g/mol. The topological polar surface area (TPSA) is 15.3 Å². The molecular formula is C16H34N2. The minimum Gasteiger partial charge on any atom is -0.317 e. The molecule has 1 N–H and O–H groups in total. The van der Waals surface area contributed by atoms with Gasteiger partial charge in [0.05, 0.1) is 0 Å². The van der Waals surface area contributed by atoms with Gasteiger partial charge in [0.2, 0.25) is 0 Å². The molecule has 0 amide bonds. The molecule has 0 aliphatic carbocycles. The van der Waals surface area contributed by atoms with Crippen molar-refractivity contribution in [2.24, 2.45) is 5.92 Å². The summed E-state index contributed by atoms with van der Waals surface area (Å²) in [7, 11) is 0. The largest absolute Gasteiger partial charge is 0.317 e. The van der Waals surface area contributed by atoms with Gasteiger partial charge in [0.1, 0.15) is 0 Å². The Bertz CT molecular complexity index is 194. The zero-order valence-electron chi connectivity index (χ0n) is 12.9. The summed E-state index contributed by atoms with van der Waals surface area (Å²) in [6.07, 6.45) is 9.65. The Hall–Kier alpha value is -0.0800. The van der Waals surface area contributed by atoms with Crippen LogP contribution in [-0.2, 0) is 0 Å². The third kappa shape index (κ3) is 6.19. The second-order valence-electron chi connectivity index (χ2n) is 6.06. The normalized spacial score (nSPS) is 25.5. The zero-order chi connectivity index (χ0) is 13.2. The fraction of sp³-hybridized carbons (Fsp3) is 1.00. The SMILES string of the molecule is CCCNCCCCCCN1CCCC(C)C1C. The van der Waals surface area contributed by atoms with Crippen LogP contribution in [0.1, 0.15) is 65.7 Å². The molecule has 1 fully saturated rings. The van der Waals surface area contributed by atoms with E-state index < -0.39 is 0 Å². The number of likely N-dealkylation sites (tertiary alicyclic amines) is 1. The Labute approximate surface area is 115 Å². The van der Waals surface area contributed by atoms with Gasteiger partial charge in [-0.1, -0.05) is 26.7 Å². The summed E-state index contributed by atoms with van der Waals surface area (Å²) in [5.41, 5.74) is 0. The lowest BCUT2D eigenvalue weighted by Gasteiger charge is -2.37. The smallest absolute Gasteiger partial charge is 0.00925 e.